The molecule has 0 amide bonds. The molecule has 0 radical (unpaired) electrons. The van der Waals surface area contributed by atoms with Gasteiger partial charge in [0.05, 0.1) is 13.2 Å². The molecule has 2 nitrogen and oxygen atoms in total. The van der Waals surface area contributed by atoms with Gasteiger partial charge in [0.15, 0.2) is 5.79 Å². The third-order valence-electron chi connectivity index (χ3n) is 4.67. The lowest BCUT2D eigenvalue weighted by atomic mass is 9.67. The first kappa shape index (κ1) is 13.8. The average molecular weight is 276 g/mol. The topological polar surface area (TPSA) is 18.5 Å². The minimum atomic E-state index is -0.461. The minimum absolute atomic E-state index is 0.131. The molecule has 3 rings (SSSR count). The Bertz CT molecular complexity index is 520. The summed E-state index contributed by atoms with van der Waals surface area (Å²) in [5.41, 5.74) is 1.50. The Kier molecular flexibility index (Phi) is 3.43. The summed E-state index contributed by atoms with van der Waals surface area (Å²) in [6, 6.07) is 5.28. The summed E-state index contributed by atoms with van der Waals surface area (Å²) >= 11 is 0. The van der Waals surface area contributed by atoms with Crippen molar-refractivity contribution in [2.45, 2.75) is 43.8 Å². The minimum Gasteiger partial charge on any atom is -0.348 e. The van der Waals surface area contributed by atoms with Crippen LogP contribution in [0.15, 0.2) is 24.8 Å². The van der Waals surface area contributed by atoms with Crippen molar-refractivity contribution in [3.63, 3.8) is 0 Å². The van der Waals surface area contributed by atoms with Crippen LogP contribution in [0.4, 0.5) is 4.39 Å². The van der Waals surface area contributed by atoms with Crippen molar-refractivity contribution < 1.29 is 13.9 Å². The van der Waals surface area contributed by atoms with Crippen molar-refractivity contribution in [3.8, 4) is 0 Å². The monoisotopic (exact) mass is 276 g/mol. The third kappa shape index (κ3) is 2.19. The highest BCUT2D eigenvalue weighted by molar-refractivity contribution is 5.55. The molecule has 108 valence electrons. The van der Waals surface area contributed by atoms with Crippen LogP contribution >= 0.6 is 0 Å². The van der Waals surface area contributed by atoms with Crippen LogP contribution in [0, 0.1) is 5.82 Å². The highest BCUT2D eigenvalue weighted by Gasteiger charge is 2.47. The molecule has 1 saturated heterocycles. The van der Waals surface area contributed by atoms with Crippen LogP contribution in [-0.4, -0.2) is 19.0 Å². The van der Waals surface area contributed by atoms with Crippen LogP contribution in [0.2, 0.25) is 0 Å². The second-order valence-electron chi connectivity index (χ2n) is 6.10. The van der Waals surface area contributed by atoms with E-state index in [1.165, 1.54) is 6.07 Å². The summed E-state index contributed by atoms with van der Waals surface area (Å²) in [7, 11) is 0. The average Bonchev–Trinajstić information content (AvgIpc) is 2.86. The summed E-state index contributed by atoms with van der Waals surface area (Å²) in [5, 5.41) is 0. The van der Waals surface area contributed by atoms with Gasteiger partial charge < -0.3 is 9.47 Å². The normalized spacial score (nSPS) is 28.7. The lowest BCUT2D eigenvalue weighted by Crippen LogP contribution is -2.43. The first-order chi connectivity index (χ1) is 9.59. The van der Waals surface area contributed by atoms with Gasteiger partial charge in [-0.05, 0) is 29.9 Å². The molecular formula is C17H21FO2. The van der Waals surface area contributed by atoms with Crippen LogP contribution in [0.1, 0.15) is 43.7 Å². The van der Waals surface area contributed by atoms with E-state index in [1.54, 1.807) is 12.1 Å². The van der Waals surface area contributed by atoms with E-state index in [9.17, 15) is 4.39 Å². The second kappa shape index (κ2) is 4.97. The highest BCUT2D eigenvalue weighted by atomic mass is 19.1. The molecule has 1 aromatic rings. The maximum atomic E-state index is 14.0. The molecule has 1 unspecified atom stereocenters. The molecule has 1 aromatic carbocycles. The first-order valence-corrected chi connectivity index (χ1v) is 7.28. The van der Waals surface area contributed by atoms with Crippen LogP contribution in [0.3, 0.4) is 0 Å². The summed E-state index contributed by atoms with van der Waals surface area (Å²) in [6.45, 7) is 7.27. The molecule has 1 aliphatic heterocycles. The predicted octanol–water partition coefficient (Wildman–Crippen LogP) is 4.04. The SMILES string of the molecule is C=Cc1c(F)cccc1C1(C)CCCC2(C1)OCCO2. The Balaban J connectivity index is 1.99. The van der Waals surface area contributed by atoms with Crippen molar-refractivity contribution >= 4 is 6.08 Å². The largest absolute Gasteiger partial charge is 0.348 e. The standard InChI is InChI=1S/C17H21FO2/c1-3-13-14(6-4-7-15(13)18)16(2)8-5-9-17(12-16)19-10-11-20-17/h3-4,6-7H,1,5,8-12H2,2H3. The molecule has 1 atom stereocenters. The Morgan fingerprint density at radius 1 is 1.25 bits per heavy atom. The van der Waals surface area contributed by atoms with Gasteiger partial charge in [0, 0.05) is 18.4 Å². The third-order valence-corrected chi connectivity index (χ3v) is 4.67. The molecule has 20 heavy (non-hydrogen) atoms. The molecule has 2 aliphatic rings. The Morgan fingerprint density at radius 3 is 2.70 bits per heavy atom. The number of rotatable bonds is 2. The van der Waals surface area contributed by atoms with Crippen LogP contribution in [0.5, 0.6) is 0 Å². The first-order valence-electron chi connectivity index (χ1n) is 7.28. The van der Waals surface area contributed by atoms with Gasteiger partial charge in [-0.15, -0.1) is 0 Å². The van der Waals surface area contributed by atoms with Crippen molar-refractivity contribution in [1.82, 2.24) is 0 Å². The Morgan fingerprint density at radius 2 is 2.00 bits per heavy atom. The van der Waals surface area contributed by atoms with Gasteiger partial charge in [-0.2, -0.15) is 0 Å². The van der Waals surface area contributed by atoms with E-state index >= 15 is 0 Å². The number of halogens is 1. The summed E-state index contributed by atoms with van der Waals surface area (Å²) < 4.78 is 25.7. The molecular weight excluding hydrogens is 255 g/mol. The maximum Gasteiger partial charge on any atom is 0.169 e. The lowest BCUT2D eigenvalue weighted by Gasteiger charge is -2.44. The number of benzene rings is 1. The van der Waals surface area contributed by atoms with Crippen LogP contribution in [0.25, 0.3) is 6.08 Å². The van der Waals surface area contributed by atoms with Gasteiger partial charge in [0.2, 0.25) is 0 Å². The van der Waals surface area contributed by atoms with Gasteiger partial charge in [-0.25, -0.2) is 4.39 Å². The van der Waals surface area contributed by atoms with Crippen molar-refractivity contribution in [3.05, 3.63) is 41.7 Å². The van der Waals surface area contributed by atoms with E-state index in [2.05, 4.69) is 13.5 Å². The fraction of sp³-hybridized carbons (Fsp3) is 0.529. The van der Waals surface area contributed by atoms with Gasteiger partial charge in [0.1, 0.15) is 5.82 Å². The maximum absolute atomic E-state index is 14.0. The van der Waals surface area contributed by atoms with Gasteiger partial charge in [-0.1, -0.05) is 31.7 Å². The highest BCUT2D eigenvalue weighted by Crippen LogP contribution is 2.48. The van der Waals surface area contributed by atoms with Gasteiger partial charge in [0.25, 0.3) is 0 Å². The van der Waals surface area contributed by atoms with Gasteiger partial charge in [-0.3, -0.25) is 0 Å². The van der Waals surface area contributed by atoms with Crippen molar-refractivity contribution in [2.24, 2.45) is 0 Å². The molecule has 1 saturated carbocycles. The fourth-order valence-corrected chi connectivity index (χ4v) is 3.76. The van der Waals surface area contributed by atoms with E-state index in [-0.39, 0.29) is 11.2 Å². The molecule has 1 spiro atoms. The zero-order chi connectivity index (χ0) is 14.2. The quantitative estimate of drug-likeness (QED) is 0.811. The number of hydrogen-bond acceptors (Lipinski definition) is 2. The van der Waals surface area contributed by atoms with Crippen LogP contribution < -0.4 is 0 Å². The molecule has 0 N–H and O–H groups in total. The Hall–Kier alpha value is -1.19. The second-order valence-corrected chi connectivity index (χ2v) is 6.10. The van der Waals surface area contributed by atoms with E-state index in [0.29, 0.717) is 18.8 Å². The van der Waals surface area contributed by atoms with E-state index < -0.39 is 5.79 Å². The number of hydrogen-bond donors (Lipinski definition) is 0. The van der Waals surface area contributed by atoms with Crippen LogP contribution in [-0.2, 0) is 14.9 Å². The molecule has 1 heterocycles. The van der Waals surface area contributed by atoms with Crippen molar-refractivity contribution in [1.29, 1.82) is 0 Å². The van der Waals surface area contributed by atoms with E-state index in [4.69, 9.17) is 9.47 Å². The summed E-state index contributed by atoms with van der Waals surface area (Å²) in [6.07, 6.45) is 5.38. The zero-order valence-electron chi connectivity index (χ0n) is 12.0. The zero-order valence-corrected chi connectivity index (χ0v) is 12.0. The molecule has 2 fully saturated rings. The van der Waals surface area contributed by atoms with E-state index in [1.807, 2.05) is 6.07 Å². The molecule has 0 aromatic heterocycles. The Labute approximate surface area is 119 Å². The molecule has 3 heteroatoms. The molecule has 1 aliphatic carbocycles. The summed E-state index contributed by atoms with van der Waals surface area (Å²) in [4.78, 5) is 0. The number of ether oxygens (including phenoxy) is 2. The predicted molar refractivity (Wildman–Crippen MR) is 76.9 cm³/mol. The van der Waals surface area contributed by atoms with Crippen molar-refractivity contribution in [2.75, 3.05) is 13.2 Å². The van der Waals surface area contributed by atoms with E-state index in [0.717, 1.165) is 31.2 Å². The van der Waals surface area contributed by atoms with Gasteiger partial charge >= 0.3 is 0 Å². The molecule has 0 bridgehead atoms. The summed E-state index contributed by atoms with van der Waals surface area (Å²) in [5.74, 6) is -0.663. The smallest absolute Gasteiger partial charge is 0.169 e. The fourth-order valence-electron chi connectivity index (χ4n) is 3.76. The lowest BCUT2D eigenvalue weighted by molar-refractivity contribution is -0.189.